The third kappa shape index (κ3) is 3.69. The minimum absolute atomic E-state index is 0.0579. The predicted molar refractivity (Wildman–Crippen MR) is 103 cm³/mol. The Hall–Kier alpha value is -2.42. The summed E-state index contributed by atoms with van der Waals surface area (Å²) in [4.78, 5) is 26.8. The largest absolute Gasteiger partial charge is 0.324 e. The molecule has 0 spiro atoms. The fourth-order valence-electron chi connectivity index (χ4n) is 3.82. The number of nitrogens with one attached hydrogen (secondary N) is 1. The molecule has 0 radical (unpaired) electrons. The Morgan fingerprint density at radius 3 is 2.89 bits per heavy atom. The number of carbonyl (C=O) groups is 2. The standard InChI is InChI=1S/C18H22N6O2S/c1-12-10-16(25)19-14-8-4-5-9-15(14)23(12)17(26)11-27-18-20-21-22-24(18)13-6-2-3-7-13/h4-5,8-9,12-13H,2-3,6-7,10-11H2,1H3,(H,19,25)/t12-/m0/s1. The minimum atomic E-state index is -0.215. The number of fused-ring (bicyclic) bond motifs is 1. The van der Waals surface area contributed by atoms with E-state index in [1.54, 1.807) is 4.90 Å². The van der Waals surface area contributed by atoms with E-state index in [0.717, 1.165) is 18.5 Å². The van der Waals surface area contributed by atoms with E-state index < -0.39 is 0 Å². The maximum absolute atomic E-state index is 13.0. The van der Waals surface area contributed by atoms with Crippen molar-refractivity contribution in [1.29, 1.82) is 0 Å². The zero-order valence-electron chi connectivity index (χ0n) is 15.2. The summed E-state index contributed by atoms with van der Waals surface area (Å²) in [5.74, 6) is 0.0838. The molecule has 27 heavy (non-hydrogen) atoms. The van der Waals surface area contributed by atoms with Crippen molar-refractivity contribution in [3.8, 4) is 0 Å². The Balaban J connectivity index is 1.51. The number of amides is 2. The molecule has 0 unspecified atom stereocenters. The molecule has 1 aromatic heterocycles. The lowest BCUT2D eigenvalue weighted by molar-refractivity contribution is -0.117. The van der Waals surface area contributed by atoms with Crippen molar-refractivity contribution in [2.75, 3.05) is 16.0 Å². The molecule has 1 fully saturated rings. The van der Waals surface area contributed by atoms with E-state index in [-0.39, 0.29) is 30.0 Å². The lowest BCUT2D eigenvalue weighted by Crippen LogP contribution is -2.40. The fourth-order valence-corrected chi connectivity index (χ4v) is 4.63. The summed E-state index contributed by atoms with van der Waals surface area (Å²) in [6.45, 7) is 1.90. The molecule has 0 saturated heterocycles. The van der Waals surface area contributed by atoms with Gasteiger partial charge in [-0.1, -0.05) is 36.7 Å². The van der Waals surface area contributed by atoms with Gasteiger partial charge in [0.2, 0.25) is 17.0 Å². The number of benzene rings is 1. The predicted octanol–water partition coefficient (Wildman–Crippen LogP) is 2.64. The topological polar surface area (TPSA) is 93.0 Å². The molecule has 1 saturated carbocycles. The van der Waals surface area contributed by atoms with Crippen LogP contribution >= 0.6 is 11.8 Å². The van der Waals surface area contributed by atoms with Crippen molar-refractivity contribution < 1.29 is 9.59 Å². The molecule has 4 rings (SSSR count). The van der Waals surface area contributed by atoms with Gasteiger partial charge >= 0.3 is 0 Å². The molecular weight excluding hydrogens is 364 g/mol. The normalized spacial score (nSPS) is 20.3. The number of nitrogens with zero attached hydrogens (tertiary/aromatic N) is 5. The van der Waals surface area contributed by atoms with Gasteiger partial charge in [-0.25, -0.2) is 4.68 Å². The third-order valence-electron chi connectivity index (χ3n) is 5.09. The van der Waals surface area contributed by atoms with Crippen LogP contribution in [0.25, 0.3) is 0 Å². The summed E-state index contributed by atoms with van der Waals surface area (Å²) in [5.41, 5.74) is 1.40. The maximum Gasteiger partial charge on any atom is 0.237 e. The van der Waals surface area contributed by atoms with Crippen LogP contribution in [0.4, 0.5) is 11.4 Å². The summed E-state index contributed by atoms with van der Waals surface area (Å²) in [6, 6.07) is 7.52. The summed E-state index contributed by atoms with van der Waals surface area (Å²) < 4.78 is 1.86. The van der Waals surface area contributed by atoms with Crippen molar-refractivity contribution in [2.45, 2.75) is 56.3 Å². The highest BCUT2D eigenvalue weighted by atomic mass is 32.2. The SMILES string of the molecule is C[C@H]1CC(=O)Nc2ccccc2N1C(=O)CSc1nnnn1C1CCCC1. The van der Waals surface area contributed by atoms with Crippen LogP contribution in [0.15, 0.2) is 29.4 Å². The van der Waals surface area contributed by atoms with Crippen molar-refractivity contribution >= 4 is 35.0 Å². The van der Waals surface area contributed by atoms with E-state index >= 15 is 0 Å². The van der Waals surface area contributed by atoms with Crippen LogP contribution in [0.5, 0.6) is 0 Å². The van der Waals surface area contributed by atoms with E-state index in [4.69, 9.17) is 0 Å². The Morgan fingerprint density at radius 1 is 1.30 bits per heavy atom. The van der Waals surface area contributed by atoms with Gasteiger partial charge in [-0.2, -0.15) is 0 Å². The molecule has 2 amide bonds. The first-order valence-electron chi connectivity index (χ1n) is 9.25. The zero-order valence-corrected chi connectivity index (χ0v) is 16.0. The van der Waals surface area contributed by atoms with E-state index in [9.17, 15) is 9.59 Å². The van der Waals surface area contributed by atoms with Gasteiger partial charge in [0.1, 0.15) is 0 Å². The Morgan fingerprint density at radius 2 is 2.07 bits per heavy atom. The number of anilines is 2. The number of hydrogen-bond donors (Lipinski definition) is 1. The second-order valence-electron chi connectivity index (χ2n) is 7.02. The number of rotatable bonds is 4. The molecule has 8 nitrogen and oxygen atoms in total. The van der Waals surface area contributed by atoms with Crippen molar-refractivity contribution in [3.05, 3.63) is 24.3 Å². The Kier molecular flexibility index (Phi) is 5.11. The molecule has 0 bridgehead atoms. The maximum atomic E-state index is 13.0. The molecule has 2 aliphatic rings. The van der Waals surface area contributed by atoms with Crippen LogP contribution in [0.2, 0.25) is 0 Å². The highest BCUT2D eigenvalue weighted by Crippen LogP contribution is 2.34. The van der Waals surface area contributed by atoms with Gasteiger partial charge < -0.3 is 10.2 Å². The zero-order chi connectivity index (χ0) is 18.8. The van der Waals surface area contributed by atoms with Gasteiger partial charge in [-0.05, 0) is 42.3 Å². The smallest absolute Gasteiger partial charge is 0.237 e. The number of carbonyl (C=O) groups excluding carboxylic acids is 2. The first kappa shape index (κ1) is 18.0. The van der Waals surface area contributed by atoms with E-state index in [1.807, 2.05) is 35.9 Å². The molecule has 2 aromatic rings. The van der Waals surface area contributed by atoms with Gasteiger partial charge in [0, 0.05) is 12.5 Å². The number of aromatic nitrogens is 4. The molecule has 1 N–H and O–H groups in total. The lowest BCUT2D eigenvalue weighted by Gasteiger charge is -2.27. The Bertz CT molecular complexity index is 848. The van der Waals surface area contributed by atoms with Crippen molar-refractivity contribution in [3.63, 3.8) is 0 Å². The van der Waals surface area contributed by atoms with E-state index in [0.29, 0.717) is 16.9 Å². The van der Waals surface area contributed by atoms with Gasteiger partial charge in [0.15, 0.2) is 0 Å². The number of thioether (sulfide) groups is 1. The van der Waals surface area contributed by atoms with Crippen LogP contribution in [0.1, 0.15) is 45.1 Å². The molecule has 1 atom stereocenters. The fraction of sp³-hybridized carbons (Fsp3) is 0.500. The lowest BCUT2D eigenvalue weighted by atomic mass is 10.2. The molecule has 1 aromatic carbocycles. The summed E-state index contributed by atoms with van der Waals surface area (Å²) in [6.07, 6.45) is 4.81. The summed E-state index contributed by atoms with van der Waals surface area (Å²) >= 11 is 1.36. The van der Waals surface area contributed by atoms with Gasteiger partial charge in [0.05, 0.1) is 23.2 Å². The first-order chi connectivity index (χ1) is 13.1. The van der Waals surface area contributed by atoms with Crippen LogP contribution in [-0.2, 0) is 9.59 Å². The molecule has 142 valence electrons. The van der Waals surface area contributed by atoms with Crippen LogP contribution < -0.4 is 10.2 Å². The van der Waals surface area contributed by atoms with Crippen molar-refractivity contribution in [1.82, 2.24) is 20.2 Å². The van der Waals surface area contributed by atoms with E-state index in [2.05, 4.69) is 20.8 Å². The quantitative estimate of drug-likeness (QED) is 0.812. The van der Waals surface area contributed by atoms with Crippen molar-refractivity contribution in [2.24, 2.45) is 0 Å². The van der Waals surface area contributed by atoms with Crippen LogP contribution in [0, 0.1) is 0 Å². The van der Waals surface area contributed by atoms with Gasteiger partial charge in [-0.15, -0.1) is 5.10 Å². The average molecular weight is 386 g/mol. The minimum Gasteiger partial charge on any atom is -0.324 e. The molecule has 2 heterocycles. The Labute approximate surface area is 161 Å². The second kappa shape index (κ2) is 7.67. The third-order valence-corrected chi connectivity index (χ3v) is 6.00. The van der Waals surface area contributed by atoms with Gasteiger partial charge in [0.25, 0.3) is 0 Å². The molecule has 9 heteroatoms. The first-order valence-corrected chi connectivity index (χ1v) is 10.2. The average Bonchev–Trinajstić information content (AvgIpc) is 3.30. The number of tetrazole rings is 1. The molecule has 1 aliphatic carbocycles. The summed E-state index contributed by atoms with van der Waals surface area (Å²) in [7, 11) is 0. The van der Waals surface area contributed by atoms with Gasteiger partial charge in [-0.3, -0.25) is 9.59 Å². The van der Waals surface area contributed by atoms with Crippen LogP contribution in [-0.4, -0.2) is 43.8 Å². The number of para-hydroxylation sites is 2. The molecular formula is C18H22N6O2S. The summed E-state index contributed by atoms with van der Waals surface area (Å²) in [5, 5.41) is 15.6. The van der Waals surface area contributed by atoms with E-state index in [1.165, 1.54) is 24.6 Å². The highest BCUT2D eigenvalue weighted by molar-refractivity contribution is 7.99. The number of hydrogen-bond acceptors (Lipinski definition) is 6. The second-order valence-corrected chi connectivity index (χ2v) is 7.96. The van der Waals surface area contributed by atoms with Crippen LogP contribution in [0.3, 0.4) is 0 Å². The monoisotopic (exact) mass is 386 g/mol. The molecule has 1 aliphatic heterocycles. The highest BCUT2D eigenvalue weighted by Gasteiger charge is 2.30.